The van der Waals surface area contributed by atoms with Gasteiger partial charge in [0.25, 0.3) is 0 Å². The van der Waals surface area contributed by atoms with Crippen molar-refractivity contribution in [3.8, 4) is 6.07 Å². The molecule has 86 valence electrons. The SMILES string of the molecule is CCSCCCNc1ccc(Br)cc1C#N. The van der Waals surface area contributed by atoms with Crippen LogP contribution in [0.2, 0.25) is 0 Å². The molecule has 2 nitrogen and oxygen atoms in total. The molecule has 0 amide bonds. The highest BCUT2D eigenvalue weighted by Gasteiger charge is 2.01. The van der Waals surface area contributed by atoms with Crippen molar-refractivity contribution in [2.24, 2.45) is 0 Å². The van der Waals surface area contributed by atoms with E-state index in [2.05, 4.69) is 34.2 Å². The summed E-state index contributed by atoms with van der Waals surface area (Å²) >= 11 is 5.30. The van der Waals surface area contributed by atoms with Gasteiger partial charge in [-0.1, -0.05) is 22.9 Å². The normalized spacial score (nSPS) is 9.81. The number of hydrogen-bond acceptors (Lipinski definition) is 3. The molecule has 1 aromatic rings. The van der Waals surface area contributed by atoms with Gasteiger partial charge in [-0.3, -0.25) is 0 Å². The number of nitrogens with zero attached hydrogens (tertiary/aromatic N) is 1. The second-order valence-electron chi connectivity index (χ2n) is 3.28. The van der Waals surface area contributed by atoms with Gasteiger partial charge in [-0.2, -0.15) is 17.0 Å². The topological polar surface area (TPSA) is 35.8 Å². The summed E-state index contributed by atoms with van der Waals surface area (Å²) in [4.78, 5) is 0. The van der Waals surface area contributed by atoms with Crippen LogP contribution < -0.4 is 5.32 Å². The second kappa shape index (κ2) is 7.59. The summed E-state index contributed by atoms with van der Waals surface area (Å²) in [5.41, 5.74) is 1.62. The number of rotatable bonds is 6. The molecule has 1 rings (SSSR count). The summed E-state index contributed by atoms with van der Waals surface area (Å²) in [5, 5.41) is 12.3. The van der Waals surface area contributed by atoms with E-state index >= 15 is 0 Å². The Kier molecular flexibility index (Phi) is 6.36. The Hall–Kier alpha value is -0.660. The van der Waals surface area contributed by atoms with Crippen LogP contribution in [0.4, 0.5) is 5.69 Å². The van der Waals surface area contributed by atoms with Gasteiger partial charge >= 0.3 is 0 Å². The quantitative estimate of drug-likeness (QED) is 0.810. The lowest BCUT2D eigenvalue weighted by Crippen LogP contribution is -2.04. The third-order valence-electron chi connectivity index (χ3n) is 2.09. The van der Waals surface area contributed by atoms with E-state index in [0.717, 1.165) is 23.1 Å². The van der Waals surface area contributed by atoms with Crippen LogP contribution in [0.15, 0.2) is 22.7 Å². The molecule has 1 aromatic carbocycles. The maximum Gasteiger partial charge on any atom is 0.101 e. The van der Waals surface area contributed by atoms with Gasteiger partial charge in [0.2, 0.25) is 0 Å². The van der Waals surface area contributed by atoms with Crippen LogP contribution in [-0.2, 0) is 0 Å². The van der Waals surface area contributed by atoms with E-state index in [0.29, 0.717) is 5.56 Å². The minimum atomic E-state index is 0.692. The van der Waals surface area contributed by atoms with Gasteiger partial charge < -0.3 is 5.32 Å². The molecule has 0 saturated heterocycles. The molecule has 4 heteroatoms. The van der Waals surface area contributed by atoms with E-state index in [9.17, 15) is 0 Å². The molecule has 0 atom stereocenters. The summed E-state index contributed by atoms with van der Waals surface area (Å²) in [5.74, 6) is 2.34. The fourth-order valence-electron chi connectivity index (χ4n) is 1.30. The molecule has 0 aromatic heterocycles. The monoisotopic (exact) mass is 298 g/mol. The molecule has 0 spiro atoms. The Labute approximate surface area is 110 Å². The Morgan fingerprint density at radius 1 is 1.50 bits per heavy atom. The van der Waals surface area contributed by atoms with Crippen molar-refractivity contribution in [1.82, 2.24) is 0 Å². The summed E-state index contributed by atoms with van der Waals surface area (Å²) in [7, 11) is 0. The van der Waals surface area contributed by atoms with Crippen molar-refractivity contribution in [2.45, 2.75) is 13.3 Å². The second-order valence-corrected chi connectivity index (χ2v) is 5.59. The molecule has 0 aliphatic rings. The number of nitriles is 1. The standard InChI is InChI=1S/C12H15BrN2S/c1-2-16-7-3-6-15-12-5-4-11(13)8-10(12)9-14/h4-5,8,15H,2-3,6-7H2,1H3. The van der Waals surface area contributed by atoms with Crippen molar-refractivity contribution >= 4 is 33.4 Å². The number of benzene rings is 1. The summed E-state index contributed by atoms with van der Waals surface area (Å²) in [6.07, 6.45) is 1.12. The predicted octanol–water partition coefficient (Wildman–Crippen LogP) is 3.88. The zero-order chi connectivity index (χ0) is 11.8. The zero-order valence-electron chi connectivity index (χ0n) is 9.29. The van der Waals surface area contributed by atoms with Crippen molar-refractivity contribution < 1.29 is 0 Å². The van der Waals surface area contributed by atoms with Gasteiger partial charge in [0.15, 0.2) is 0 Å². The maximum absolute atomic E-state index is 8.97. The fourth-order valence-corrected chi connectivity index (χ4v) is 2.30. The van der Waals surface area contributed by atoms with Crippen LogP contribution in [0.25, 0.3) is 0 Å². The smallest absolute Gasteiger partial charge is 0.101 e. The third kappa shape index (κ3) is 4.46. The molecule has 16 heavy (non-hydrogen) atoms. The highest BCUT2D eigenvalue weighted by molar-refractivity contribution is 9.10. The third-order valence-corrected chi connectivity index (χ3v) is 3.57. The Bertz CT molecular complexity index is 374. The van der Waals surface area contributed by atoms with Gasteiger partial charge in [0, 0.05) is 11.0 Å². The number of nitrogens with one attached hydrogen (secondary N) is 1. The average molecular weight is 299 g/mol. The first kappa shape index (κ1) is 13.4. The maximum atomic E-state index is 8.97. The predicted molar refractivity (Wildman–Crippen MR) is 75.0 cm³/mol. The Balaban J connectivity index is 2.45. The fraction of sp³-hybridized carbons (Fsp3) is 0.417. The number of halogens is 1. The first-order chi connectivity index (χ1) is 7.77. The van der Waals surface area contributed by atoms with Crippen LogP contribution >= 0.6 is 27.7 Å². The molecule has 0 saturated carbocycles. The van der Waals surface area contributed by atoms with Crippen molar-refractivity contribution in [2.75, 3.05) is 23.4 Å². The first-order valence-corrected chi connectivity index (χ1v) is 7.24. The molecule has 0 heterocycles. The van der Waals surface area contributed by atoms with Crippen LogP contribution in [-0.4, -0.2) is 18.1 Å². The average Bonchev–Trinajstić information content (AvgIpc) is 2.30. The summed E-state index contributed by atoms with van der Waals surface area (Å²) in [6, 6.07) is 7.92. The highest BCUT2D eigenvalue weighted by Crippen LogP contribution is 2.20. The van der Waals surface area contributed by atoms with Gasteiger partial charge in [0.1, 0.15) is 6.07 Å². The van der Waals surface area contributed by atoms with E-state index in [1.807, 2.05) is 30.0 Å². The van der Waals surface area contributed by atoms with E-state index < -0.39 is 0 Å². The van der Waals surface area contributed by atoms with Crippen LogP contribution in [0.3, 0.4) is 0 Å². The first-order valence-electron chi connectivity index (χ1n) is 5.29. The van der Waals surface area contributed by atoms with Crippen LogP contribution in [0.5, 0.6) is 0 Å². The van der Waals surface area contributed by atoms with Gasteiger partial charge in [-0.05, 0) is 36.1 Å². The number of thioether (sulfide) groups is 1. The molecule has 0 bridgehead atoms. The summed E-state index contributed by atoms with van der Waals surface area (Å²) < 4.78 is 0.941. The van der Waals surface area contributed by atoms with E-state index in [1.54, 1.807) is 0 Å². The number of anilines is 1. The van der Waals surface area contributed by atoms with E-state index in [1.165, 1.54) is 11.5 Å². The lowest BCUT2D eigenvalue weighted by atomic mass is 10.2. The zero-order valence-corrected chi connectivity index (χ0v) is 11.7. The van der Waals surface area contributed by atoms with E-state index in [4.69, 9.17) is 5.26 Å². The molecule has 1 N–H and O–H groups in total. The molecular formula is C12H15BrN2S. The highest BCUT2D eigenvalue weighted by atomic mass is 79.9. The van der Waals surface area contributed by atoms with Crippen molar-refractivity contribution in [1.29, 1.82) is 5.26 Å². The van der Waals surface area contributed by atoms with Crippen molar-refractivity contribution in [3.63, 3.8) is 0 Å². The van der Waals surface area contributed by atoms with Crippen molar-refractivity contribution in [3.05, 3.63) is 28.2 Å². The largest absolute Gasteiger partial charge is 0.384 e. The lowest BCUT2D eigenvalue weighted by Gasteiger charge is -2.08. The molecule has 0 aliphatic carbocycles. The lowest BCUT2D eigenvalue weighted by molar-refractivity contribution is 0.991. The molecule has 0 radical (unpaired) electrons. The molecular weight excluding hydrogens is 284 g/mol. The summed E-state index contributed by atoms with van der Waals surface area (Å²) in [6.45, 7) is 3.09. The Morgan fingerprint density at radius 2 is 2.31 bits per heavy atom. The number of hydrogen-bond donors (Lipinski definition) is 1. The molecule has 0 aliphatic heterocycles. The van der Waals surface area contributed by atoms with Gasteiger partial charge in [-0.15, -0.1) is 0 Å². The Morgan fingerprint density at radius 3 is 3.00 bits per heavy atom. The van der Waals surface area contributed by atoms with Gasteiger partial charge in [0.05, 0.1) is 11.3 Å². The molecule has 0 unspecified atom stereocenters. The minimum absolute atomic E-state index is 0.692. The van der Waals surface area contributed by atoms with Crippen LogP contribution in [0.1, 0.15) is 18.9 Å². The van der Waals surface area contributed by atoms with E-state index in [-0.39, 0.29) is 0 Å². The molecule has 0 fully saturated rings. The van der Waals surface area contributed by atoms with Crippen LogP contribution in [0, 0.1) is 11.3 Å². The van der Waals surface area contributed by atoms with Gasteiger partial charge in [-0.25, -0.2) is 0 Å². The minimum Gasteiger partial charge on any atom is -0.384 e.